The maximum atomic E-state index is 5.55. The molecule has 2 rings (SSSR count). The minimum atomic E-state index is 0.734. The summed E-state index contributed by atoms with van der Waals surface area (Å²) in [6.07, 6.45) is 6.45. The van der Waals surface area contributed by atoms with Crippen LogP contribution in [0.5, 0.6) is 0 Å². The quantitative estimate of drug-likeness (QED) is 0.841. The van der Waals surface area contributed by atoms with Gasteiger partial charge in [0, 0.05) is 18.8 Å². The van der Waals surface area contributed by atoms with Gasteiger partial charge in [-0.2, -0.15) is 0 Å². The molecule has 1 aliphatic carbocycles. The molecule has 0 radical (unpaired) electrons. The molecule has 0 atom stereocenters. The van der Waals surface area contributed by atoms with Gasteiger partial charge in [0.2, 0.25) is 0 Å². The zero-order valence-electron chi connectivity index (χ0n) is 10.2. The van der Waals surface area contributed by atoms with E-state index in [1.54, 1.807) is 0 Å². The molecule has 1 aliphatic rings. The van der Waals surface area contributed by atoms with Crippen LogP contribution in [0.3, 0.4) is 0 Å². The highest BCUT2D eigenvalue weighted by atomic mass is 15.1. The van der Waals surface area contributed by atoms with Gasteiger partial charge in [0.25, 0.3) is 0 Å². The second-order valence-electron chi connectivity index (χ2n) is 4.75. The number of hydrogen-bond acceptors (Lipinski definition) is 2. The Kier molecular flexibility index (Phi) is 3.83. The van der Waals surface area contributed by atoms with E-state index in [0.717, 1.165) is 19.0 Å². The van der Waals surface area contributed by atoms with Crippen LogP contribution in [0.4, 0.5) is 5.69 Å². The van der Waals surface area contributed by atoms with Crippen molar-refractivity contribution in [1.29, 1.82) is 0 Å². The highest BCUT2D eigenvalue weighted by Crippen LogP contribution is 2.26. The highest BCUT2D eigenvalue weighted by Gasteiger charge is 2.19. The normalized spacial score (nSPS) is 16.6. The van der Waals surface area contributed by atoms with Gasteiger partial charge in [-0.05, 0) is 43.5 Å². The minimum absolute atomic E-state index is 0.734. The molecular formula is C14H22N2. The lowest BCUT2D eigenvalue weighted by Crippen LogP contribution is -2.28. The molecule has 0 bridgehead atoms. The summed E-state index contributed by atoms with van der Waals surface area (Å²) in [4.78, 5) is 2.43. The van der Waals surface area contributed by atoms with Crippen LogP contribution in [0.1, 0.15) is 31.2 Å². The Morgan fingerprint density at radius 3 is 2.38 bits per heavy atom. The molecule has 2 N–H and O–H groups in total. The topological polar surface area (TPSA) is 29.3 Å². The lowest BCUT2D eigenvalue weighted by Gasteiger charge is -2.26. The van der Waals surface area contributed by atoms with E-state index in [9.17, 15) is 0 Å². The monoisotopic (exact) mass is 218 g/mol. The molecule has 0 saturated heterocycles. The molecule has 0 aliphatic heterocycles. The number of anilines is 1. The van der Waals surface area contributed by atoms with E-state index >= 15 is 0 Å². The van der Waals surface area contributed by atoms with E-state index in [1.165, 1.54) is 36.9 Å². The van der Waals surface area contributed by atoms with Crippen LogP contribution in [0.25, 0.3) is 0 Å². The van der Waals surface area contributed by atoms with Gasteiger partial charge in [-0.25, -0.2) is 0 Å². The van der Waals surface area contributed by atoms with E-state index < -0.39 is 0 Å². The number of nitrogens with zero attached hydrogens (tertiary/aromatic N) is 1. The summed E-state index contributed by atoms with van der Waals surface area (Å²) in [5.74, 6) is 0. The summed E-state index contributed by atoms with van der Waals surface area (Å²) in [5.41, 5.74) is 8.23. The van der Waals surface area contributed by atoms with Crippen LogP contribution in [0.2, 0.25) is 0 Å². The SMILES string of the molecule is CN(c1ccc(CCN)cc1)C1CCCC1. The molecule has 0 heterocycles. The number of hydrogen-bond donors (Lipinski definition) is 1. The number of benzene rings is 1. The fraction of sp³-hybridized carbons (Fsp3) is 0.571. The maximum absolute atomic E-state index is 5.55. The molecular weight excluding hydrogens is 196 g/mol. The Balaban J connectivity index is 2.02. The van der Waals surface area contributed by atoms with Crippen molar-refractivity contribution in [3.05, 3.63) is 29.8 Å². The predicted octanol–water partition coefficient (Wildman–Crippen LogP) is 2.57. The van der Waals surface area contributed by atoms with Crippen LogP contribution in [0.15, 0.2) is 24.3 Å². The Labute approximate surface area is 98.4 Å². The van der Waals surface area contributed by atoms with Crippen molar-refractivity contribution in [3.8, 4) is 0 Å². The highest BCUT2D eigenvalue weighted by molar-refractivity contribution is 5.48. The summed E-state index contributed by atoms with van der Waals surface area (Å²) < 4.78 is 0. The molecule has 2 heteroatoms. The Bertz CT molecular complexity index is 312. The smallest absolute Gasteiger partial charge is 0.0366 e. The van der Waals surface area contributed by atoms with Gasteiger partial charge in [-0.3, -0.25) is 0 Å². The van der Waals surface area contributed by atoms with Crippen molar-refractivity contribution in [1.82, 2.24) is 0 Å². The first-order valence-corrected chi connectivity index (χ1v) is 6.33. The molecule has 0 amide bonds. The van der Waals surface area contributed by atoms with Gasteiger partial charge in [0.1, 0.15) is 0 Å². The van der Waals surface area contributed by atoms with Gasteiger partial charge < -0.3 is 10.6 Å². The predicted molar refractivity (Wildman–Crippen MR) is 69.9 cm³/mol. The Morgan fingerprint density at radius 2 is 1.81 bits per heavy atom. The molecule has 0 unspecified atom stereocenters. The van der Waals surface area contributed by atoms with E-state index in [2.05, 4.69) is 36.2 Å². The summed E-state index contributed by atoms with van der Waals surface area (Å²) in [5, 5.41) is 0. The lowest BCUT2D eigenvalue weighted by molar-refractivity contribution is 0.653. The summed E-state index contributed by atoms with van der Waals surface area (Å²) in [6.45, 7) is 0.734. The maximum Gasteiger partial charge on any atom is 0.0366 e. The molecule has 1 aromatic carbocycles. The Hall–Kier alpha value is -1.02. The molecule has 2 nitrogen and oxygen atoms in total. The second kappa shape index (κ2) is 5.35. The first kappa shape index (κ1) is 11.5. The van der Waals surface area contributed by atoms with E-state index in [0.29, 0.717) is 0 Å². The van der Waals surface area contributed by atoms with Crippen LogP contribution in [0, 0.1) is 0 Å². The Morgan fingerprint density at radius 1 is 1.19 bits per heavy atom. The third-order valence-electron chi connectivity index (χ3n) is 3.65. The fourth-order valence-corrected chi connectivity index (χ4v) is 2.57. The molecule has 1 saturated carbocycles. The zero-order valence-corrected chi connectivity index (χ0v) is 10.2. The minimum Gasteiger partial charge on any atom is -0.372 e. The molecule has 1 aromatic rings. The molecule has 1 fully saturated rings. The van der Waals surface area contributed by atoms with Crippen LogP contribution < -0.4 is 10.6 Å². The standard InChI is InChI=1S/C14H22N2/c1-16(13-4-2-3-5-13)14-8-6-12(7-9-14)10-11-15/h6-9,13H,2-5,10-11,15H2,1H3. The van der Waals surface area contributed by atoms with Crippen LogP contribution in [-0.4, -0.2) is 19.6 Å². The fourth-order valence-electron chi connectivity index (χ4n) is 2.57. The van der Waals surface area contributed by atoms with Crippen molar-refractivity contribution >= 4 is 5.69 Å². The van der Waals surface area contributed by atoms with Gasteiger partial charge in [-0.15, -0.1) is 0 Å². The van der Waals surface area contributed by atoms with E-state index in [-0.39, 0.29) is 0 Å². The first-order valence-electron chi connectivity index (χ1n) is 6.33. The third kappa shape index (κ3) is 2.56. The second-order valence-corrected chi connectivity index (χ2v) is 4.75. The number of nitrogens with two attached hydrogens (primary N) is 1. The van der Waals surface area contributed by atoms with Crippen molar-refractivity contribution in [2.75, 3.05) is 18.5 Å². The molecule has 0 aromatic heterocycles. The van der Waals surface area contributed by atoms with Gasteiger partial charge >= 0.3 is 0 Å². The molecule has 0 spiro atoms. The molecule has 16 heavy (non-hydrogen) atoms. The lowest BCUT2D eigenvalue weighted by atomic mass is 10.1. The number of rotatable bonds is 4. The van der Waals surface area contributed by atoms with Crippen LogP contribution >= 0.6 is 0 Å². The van der Waals surface area contributed by atoms with Crippen molar-refractivity contribution in [2.24, 2.45) is 5.73 Å². The summed E-state index contributed by atoms with van der Waals surface area (Å²) in [7, 11) is 2.22. The zero-order chi connectivity index (χ0) is 11.4. The van der Waals surface area contributed by atoms with E-state index in [4.69, 9.17) is 5.73 Å². The first-order chi connectivity index (χ1) is 7.81. The van der Waals surface area contributed by atoms with Crippen molar-refractivity contribution < 1.29 is 0 Å². The van der Waals surface area contributed by atoms with Crippen LogP contribution in [-0.2, 0) is 6.42 Å². The van der Waals surface area contributed by atoms with E-state index in [1.807, 2.05) is 0 Å². The largest absolute Gasteiger partial charge is 0.372 e. The average Bonchev–Trinajstić information content (AvgIpc) is 2.83. The van der Waals surface area contributed by atoms with Crippen molar-refractivity contribution in [2.45, 2.75) is 38.1 Å². The third-order valence-corrected chi connectivity index (χ3v) is 3.65. The molecule has 88 valence electrons. The van der Waals surface area contributed by atoms with Gasteiger partial charge in [0.05, 0.1) is 0 Å². The summed E-state index contributed by atoms with van der Waals surface area (Å²) >= 11 is 0. The van der Waals surface area contributed by atoms with Crippen molar-refractivity contribution in [3.63, 3.8) is 0 Å². The van der Waals surface area contributed by atoms with Gasteiger partial charge in [0.15, 0.2) is 0 Å². The summed E-state index contributed by atoms with van der Waals surface area (Å²) in [6, 6.07) is 9.61. The average molecular weight is 218 g/mol. The van der Waals surface area contributed by atoms with Gasteiger partial charge in [-0.1, -0.05) is 25.0 Å².